The number of pyridine rings is 1. The molecule has 188 valence electrons. The summed E-state index contributed by atoms with van der Waals surface area (Å²) in [5.41, 5.74) is 3.83. The van der Waals surface area contributed by atoms with E-state index >= 15 is 0 Å². The van der Waals surface area contributed by atoms with Crippen LogP contribution < -0.4 is 0 Å². The lowest BCUT2D eigenvalue weighted by molar-refractivity contribution is 0.301. The Morgan fingerprint density at radius 3 is 2.09 bits per heavy atom. The van der Waals surface area contributed by atoms with Gasteiger partial charge in [0, 0.05) is 11.8 Å². The highest BCUT2D eigenvalue weighted by atomic mass is 19.1. The van der Waals surface area contributed by atoms with Crippen LogP contribution >= 0.6 is 0 Å². The summed E-state index contributed by atoms with van der Waals surface area (Å²) < 4.78 is 14.8. The molecule has 0 bridgehead atoms. The van der Waals surface area contributed by atoms with Crippen molar-refractivity contribution in [1.82, 2.24) is 4.98 Å². The topological polar surface area (TPSA) is 12.9 Å². The number of hydrogen-bond acceptors (Lipinski definition) is 1. The van der Waals surface area contributed by atoms with Crippen LogP contribution in [0.1, 0.15) is 134 Å². The largest absolute Gasteiger partial charge is 0.256 e. The second-order valence-electron chi connectivity index (χ2n) is 10.7. The molecule has 0 N–H and O–H groups in total. The van der Waals surface area contributed by atoms with Crippen molar-refractivity contribution in [2.24, 2.45) is 5.92 Å². The number of benzene rings is 1. The van der Waals surface area contributed by atoms with Crippen molar-refractivity contribution >= 4 is 0 Å². The van der Waals surface area contributed by atoms with Gasteiger partial charge in [-0.1, -0.05) is 96.6 Å². The van der Waals surface area contributed by atoms with Gasteiger partial charge in [-0.05, 0) is 79.7 Å². The second kappa shape index (κ2) is 15.3. The van der Waals surface area contributed by atoms with Gasteiger partial charge in [0.2, 0.25) is 0 Å². The highest BCUT2D eigenvalue weighted by Gasteiger charge is 2.22. The number of nitrogens with zero attached hydrogens (tertiary/aromatic N) is 1. The molecule has 1 aromatic carbocycles. The molecule has 0 radical (unpaired) electrons. The minimum atomic E-state index is -0.137. The molecule has 1 aliphatic carbocycles. The fourth-order valence-electron chi connectivity index (χ4n) is 5.66. The molecular formula is C32H48FN. The number of halogens is 1. The quantitative estimate of drug-likeness (QED) is 0.238. The molecule has 1 saturated carbocycles. The van der Waals surface area contributed by atoms with E-state index < -0.39 is 0 Å². The normalized spacial score (nSPS) is 18.3. The highest BCUT2D eigenvalue weighted by molar-refractivity contribution is 5.60. The molecule has 1 heterocycles. The molecule has 34 heavy (non-hydrogen) atoms. The zero-order valence-electron chi connectivity index (χ0n) is 22.0. The Hall–Kier alpha value is -1.70. The summed E-state index contributed by atoms with van der Waals surface area (Å²) in [6.07, 6.45) is 24.3. The highest BCUT2D eigenvalue weighted by Crippen LogP contribution is 2.38. The Bertz CT molecular complexity index is 804. The van der Waals surface area contributed by atoms with Gasteiger partial charge in [-0.3, -0.25) is 4.98 Å². The first-order valence-corrected chi connectivity index (χ1v) is 14.5. The lowest BCUT2D eigenvalue weighted by Gasteiger charge is -2.28. The first-order valence-electron chi connectivity index (χ1n) is 14.5. The summed E-state index contributed by atoms with van der Waals surface area (Å²) in [5.74, 6) is 1.41. The number of unbranched alkanes of at least 4 members (excludes halogenated alkanes) is 9. The lowest BCUT2D eigenvalue weighted by Crippen LogP contribution is -2.13. The predicted molar refractivity (Wildman–Crippen MR) is 145 cm³/mol. The summed E-state index contributed by atoms with van der Waals surface area (Å²) >= 11 is 0. The average molecular weight is 466 g/mol. The van der Waals surface area contributed by atoms with Crippen molar-refractivity contribution in [2.45, 2.75) is 129 Å². The predicted octanol–water partition coefficient (Wildman–Crippen LogP) is 10.4. The van der Waals surface area contributed by atoms with Gasteiger partial charge in [0.05, 0.1) is 5.69 Å². The zero-order chi connectivity index (χ0) is 24.0. The van der Waals surface area contributed by atoms with E-state index in [1.807, 2.05) is 18.3 Å². The third-order valence-corrected chi connectivity index (χ3v) is 7.95. The third kappa shape index (κ3) is 8.82. The summed E-state index contributed by atoms with van der Waals surface area (Å²) in [5, 5.41) is 0. The molecular weight excluding hydrogens is 417 g/mol. The molecule has 0 amide bonds. The fraction of sp³-hybridized carbons (Fsp3) is 0.656. The fourth-order valence-corrected chi connectivity index (χ4v) is 5.66. The average Bonchev–Trinajstić information content (AvgIpc) is 2.87. The van der Waals surface area contributed by atoms with Crippen LogP contribution in [-0.4, -0.2) is 4.98 Å². The van der Waals surface area contributed by atoms with Gasteiger partial charge >= 0.3 is 0 Å². The summed E-state index contributed by atoms with van der Waals surface area (Å²) in [6, 6.07) is 9.95. The van der Waals surface area contributed by atoms with Crippen LogP contribution in [0.2, 0.25) is 0 Å². The summed E-state index contributed by atoms with van der Waals surface area (Å²) in [4.78, 5) is 4.67. The number of aromatic nitrogens is 1. The monoisotopic (exact) mass is 465 g/mol. The summed E-state index contributed by atoms with van der Waals surface area (Å²) in [7, 11) is 0. The molecule has 0 atom stereocenters. The van der Waals surface area contributed by atoms with E-state index in [-0.39, 0.29) is 5.82 Å². The lowest BCUT2D eigenvalue weighted by atomic mass is 9.77. The smallest absolute Gasteiger partial charge is 0.132 e. The van der Waals surface area contributed by atoms with E-state index in [1.54, 1.807) is 6.07 Å². The Balaban J connectivity index is 1.43. The summed E-state index contributed by atoms with van der Waals surface area (Å²) in [6.45, 7) is 4.52. The Morgan fingerprint density at radius 1 is 0.765 bits per heavy atom. The zero-order valence-corrected chi connectivity index (χ0v) is 22.0. The molecule has 1 aliphatic rings. The van der Waals surface area contributed by atoms with Crippen molar-refractivity contribution in [3.05, 3.63) is 53.5 Å². The van der Waals surface area contributed by atoms with E-state index in [2.05, 4.69) is 31.0 Å². The molecule has 0 spiro atoms. The Labute approximate surface area is 209 Å². The van der Waals surface area contributed by atoms with Crippen molar-refractivity contribution < 1.29 is 4.39 Å². The number of rotatable bonds is 15. The van der Waals surface area contributed by atoms with Crippen LogP contribution in [0.15, 0.2) is 36.5 Å². The number of hydrogen-bond donors (Lipinski definition) is 0. The van der Waals surface area contributed by atoms with Gasteiger partial charge in [0.15, 0.2) is 0 Å². The first kappa shape index (κ1) is 26.9. The Kier molecular flexibility index (Phi) is 12.1. The van der Waals surface area contributed by atoms with Crippen LogP contribution in [0.5, 0.6) is 0 Å². The maximum atomic E-state index is 14.8. The second-order valence-corrected chi connectivity index (χ2v) is 10.7. The van der Waals surface area contributed by atoms with Crippen LogP contribution in [-0.2, 0) is 6.42 Å². The molecule has 2 aromatic rings. The van der Waals surface area contributed by atoms with Gasteiger partial charge in [-0.25, -0.2) is 4.39 Å². The first-order chi connectivity index (χ1) is 16.7. The molecule has 3 rings (SSSR count). The Morgan fingerprint density at radius 2 is 1.44 bits per heavy atom. The van der Waals surface area contributed by atoms with Gasteiger partial charge < -0.3 is 0 Å². The molecule has 1 fully saturated rings. The van der Waals surface area contributed by atoms with Crippen molar-refractivity contribution in [1.29, 1.82) is 0 Å². The number of aryl methyl sites for hydroxylation is 1. The molecule has 0 unspecified atom stereocenters. The molecule has 2 heteroatoms. The van der Waals surface area contributed by atoms with E-state index in [4.69, 9.17) is 0 Å². The van der Waals surface area contributed by atoms with Crippen molar-refractivity contribution in [3.8, 4) is 11.3 Å². The van der Waals surface area contributed by atoms with E-state index in [9.17, 15) is 4.39 Å². The minimum Gasteiger partial charge on any atom is -0.256 e. The minimum absolute atomic E-state index is 0.137. The van der Waals surface area contributed by atoms with Crippen molar-refractivity contribution in [3.63, 3.8) is 0 Å². The van der Waals surface area contributed by atoms with Crippen LogP contribution in [0.4, 0.5) is 4.39 Å². The maximum Gasteiger partial charge on any atom is 0.132 e. The van der Waals surface area contributed by atoms with Crippen LogP contribution in [0, 0.1) is 11.7 Å². The molecule has 0 saturated heterocycles. The maximum absolute atomic E-state index is 14.8. The van der Waals surface area contributed by atoms with Gasteiger partial charge in [-0.2, -0.15) is 0 Å². The van der Waals surface area contributed by atoms with Crippen molar-refractivity contribution in [2.75, 3.05) is 0 Å². The van der Waals surface area contributed by atoms with Gasteiger partial charge in [0.1, 0.15) is 5.82 Å². The SMILES string of the molecule is CCCCCCCC[C@H]1CC[C@H](c2ccc(-c3ccc(CCCCCCC)cc3F)nc2)CC1. The van der Waals surface area contributed by atoms with Crippen LogP contribution in [0.25, 0.3) is 11.3 Å². The third-order valence-electron chi connectivity index (χ3n) is 7.95. The molecule has 1 nitrogen and oxygen atoms in total. The van der Waals surface area contributed by atoms with E-state index in [0.29, 0.717) is 11.5 Å². The van der Waals surface area contributed by atoms with Gasteiger partial charge in [-0.15, -0.1) is 0 Å². The van der Waals surface area contributed by atoms with Gasteiger partial charge in [0.25, 0.3) is 0 Å². The van der Waals surface area contributed by atoms with E-state index in [0.717, 1.165) is 30.0 Å². The molecule has 0 aliphatic heterocycles. The van der Waals surface area contributed by atoms with E-state index in [1.165, 1.54) is 102 Å². The molecule has 1 aromatic heterocycles. The standard InChI is InChI=1S/C32H48FN/c1-3-5-7-9-11-12-14-26-16-19-28(20-17-26)29-21-23-32(34-25-29)30-22-18-27(24-31(30)33)15-13-10-8-6-4-2/h18,21-26,28H,3-17,19-20H2,1-2H3/t26-,28-. The van der Waals surface area contributed by atoms with Crippen LogP contribution in [0.3, 0.4) is 0 Å².